The van der Waals surface area contributed by atoms with E-state index in [-0.39, 0.29) is 28.8 Å². The molecule has 1 aliphatic heterocycles. The fraction of sp³-hybridized carbons (Fsp3) is 0.444. The number of hydrogen-bond donors (Lipinski definition) is 1. The van der Waals surface area contributed by atoms with Crippen LogP contribution in [-0.4, -0.2) is 29.8 Å². The third kappa shape index (κ3) is 3.12. The van der Waals surface area contributed by atoms with Gasteiger partial charge in [0.05, 0.1) is 0 Å². The van der Waals surface area contributed by atoms with E-state index >= 15 is 0 Å². The minimum absolute atomic E-state index is 0.0704. The van der Waals surface area contributed by atoms with Crippen molar-refractivity contribution in [3.8, 4) is 11.8 Å². The molecule has 1 heterocycles. The van der Waals surface area contributed by atoms with E-state index < -0.39 is 11.6 Å². The van der Waals surface area contributed by atoms with Crippen LogP contribution in [-0.2, 0) is 9.59 Å². The Hall–Kier alpha value is -2.42. The van der Waals surface area contributed by atoms with Gasteiger partial charge in [0.1, 0.15) is 0 Å². The molecule has 1 atom stereocenters. The van der Waals surface area contributed by atoms with Crippen molar-refractivity contribution in [1.29, 1.82) is 0 Å². The molecule has 1 saturated heterocycles. The molecule has 1 aliphatic carbocycles. The lowest BCUT2D eigenvalue weighted by molar-refractivity contribution is -0.126. The van der Waals surface area contributed by atoms with Gasteiger partial charge in [-0.2, -0.15) is 0 Å². The summed E-state index contributed by atoms with van der Waals surface area (Å²) >= 11 is 0. The Morgan fingerprint density at radius 3 is 2.58 bits per heavy atom. The number of carbonyl (C=O) groups excluding carboxylic acids is 2. The predicted octanol–water partition coefficient (Wildman–Crippen LogP) is 2.56. The minimum atomic E-state index is -0.984. The van der Waals surface area contributed by atoms with Crippen LogP contribution >= 0.6 is 0 Å². The van der Waals surface area contributed by atoms with Gasteiger partial charge < -0.3 is 10.2 Å². The second-order valence-corrected chi connectivity index (χ2v) is 6.40. The lowest BCUT2D eigenvalue weighted by Gasteiger charge is -2.31. The van der Waals surface area contributed by atoms with Gasteiger partial charge in [0.25, 0.3) is 5.91 Å². The van der Waals surface area contributed by atoms with Crippen LogP contribution in [0.1, 0.15) is 26.2 Å². The fourth-order valence-electron chi connectivity index (χ4n) is 3.42. The topological polar surface area (TPSA) is 49.4 Å². The zero-order valence-electron chi connectivity index (χ0n) is 13.4. The number of halogens is 2. The summed E-state index contributed by atoms with van der Waals surface area (Å²) < 4.78 is 26.1. The van der Waals surface area contributed by atoms with Gasteiger partial charge in [-0.15, -0.1) is 0 Å². The highest BCUT2D eigenvalue weighted by atomic mass is 19.2. The molecule has 24 heavy (non-hydrogen) atoms. The van der Waals surface area contributed by atoms with Crippen molar-refractivity contribution in [2.75, 3.05) is 18.4 Å². The van der Waals surface area contributed by atoms with Gasteiger partial charge in [0, 0.05) is 30.8 Å². The van der Waals surface area contributed by atoms with Crippen LogP contribution in [0.4, 0.5) is 14.5 Å². The molecule has 4 nitrogen and oxygen atoms in total. The van der Waals surface area contributed by atoms with Gasteiger partial charge in [0.2, 0.25) is 5.91 Å². The van der Waals surface area contributed by atoms with Crippen LogP contribution in [0.15, 0.2) is 18.2 Å². The summed E-state index contributed by atoms with van der Waals surface area (Å²) in [6.07, 6.45) is 2.30. The van der Waals surface area contributed by atoms with Crippen molar-refractivity contribution in [2.45, 2.75) is 26.2 Å². The maximum Gasteiger partial charge on any atom is 0.298 e. The van der Waals surface area contributed by atoms with E-state index in [1.807, 2.05) is 0 Å². The molecule has 2 fully saturated rings. The molecule has 1 aromatic carbocycles. The van der Waals surface area contributed by atoms with Gasteiger partial charge in [-0.25, -0.2) is 8.78 Å². The van der Waals surface area contributed by atoms with Crippen LogP contribution in [0.2, 0.25) is 0 Å². The molecule has 2 amide bonds. The van der Waals surface area contributed by atoms with E-state index in [1.54, 1.807) is 11.8 Å². The number of carbonyl (C=O) groups is 2. The van der Waals surface area contributed by atoms with E-state index in [1.165, 1.54) is 6.07 Å². The predicted molar refractivity (Wildman–Crippen MR) is 84.8 cm³/mol. The SMILES string of the molecule is CC#CC(=O)N1CCC2(CC1)CC2C(=O)Nc1ccc(F)c(F)c1. The standard InChI is InChI=1S/C18H18F2N2O2/c1-2-3-16(23)22-8-6-18(7-9-22)11-13(18)17(24)21-12-4-5-14(19)15(20)10-12/h4-5,10,13H,6-9,11H2,1H3,(H,21,24). The Labute approximate surface area is 139 Å². The number of piperidine rings is 1. The summed E-state index contributed by atoms with van der Waals surface area (Å²) in [6, 6.07) is 3.31. The second kappa shape index (κ2) is 6.23. The van der Waals surface area contributed by atoms with Gasteiger partial charge in [0.15, 0.2) is 11.6 Å². The number of amides is 2. The smallest absolute Gasteiger partial charge is 0.298 e. The number of anilines is 1. The van der Waals surface area contributed by atoms with Crippen molar-refractivity contribution in [2.24, 2.45) is 11.3 Å². The molecule has 1 unspecified atom stereocenters. The lowest BCUT2D eigenvalue weighted by Crippen LogP contribution is -2.39. The van der Waals surface area contributed by atoms with E-state index in [4.69, 9.17) is 0 Å². The van der Waals surface area contributed by atoms with Crippen LogP contribution in [0.25, 0.3) is 0 Å². The Bertz CT molecular complexity index is 743. The molecule has 0 radical (unpaired) electrons. The highest BCUT2D eigenvalue weighted by molar-refractivity contribution is 5.95. The Kier molecular flexibility index (Phi) is 4.27. The Morgan fingerprint density at radius 2 is 1.96 bits per heavy atom. The molecule has 1 saturated carbocycles. The normalized spacial score (nSPS) is 21.0. The maximum atomic E-state index is 13.2. The third-order valence-electron chi connectivity index (χ3n) is 4.97. The van der Waals surface area contributed by atoms with Crippen molar-refractivity contribution in [3.05, 3.63) is 29.8 Å². The van der Waals surface area contributed by atoms with Crippen molar-refractivity contribution < 1.29 is 18.4 Å². The minimum Gasteiger partial charge on any atom is -0.332 e. The maximum absolute atomic E-state index is 13.2. The number of hydrogen-bond acceptors (Lipinski definition) is 2. The van der Waals surface area contributed by atoms with E-state index in [2.05, 4.69) is 17.2 Å². The van der Waals surface area contributed by atoms with E-state index in [0.717, 1.165) is 31.4 Å². The highest BCUT2D eigenvalue weighted by Gasteiger charge is 2.58. The summed E-state index contributed by atoms with van der Waals surface area (Å²) in [7, 11) is 0. The summed E-state index contributed by atoms with van der Waals surface area (Å²) in [6.45, 7) is 2.83. The van der Waals surface area contributed by atoms with E-state index in [0.29, 0.717) is 13.1 Å². The number of nitrogens with one attached hydrogen (secondary N) is 1. The Morgan fingerprint density at radius 1 is 1.25 bits per heavy atom. The summed E-state index contributed by atoms with van der Waals surface area (Å²) in [5.74, 6) is 2.73. The molecule has 1 aromatic rings. The molecule has 0 aromatic heterocycles. The van der Waals surface area contributed by atoms with Gasteiger partial charge in [-0.1, -0.05) is 5.92 Å². The second-order valence-electron chi connectivity index (χ2n) is 6.40. The average Bonchev–Trinajstić information content (AvgIpc) is 3.25. The molecule has 6 heteroatoms. The number of nitrogens with zero attached hydrogens (tertiary/aromatic N) is 1. The average molecular weight is 332 g/mol. The van der Waals surface area contributed by atoms with Gasteiger partial charge in [-0.05, 0) is 49.7 Å². The fourth-order valence-corrected chi connectivity index (χ4v) is 3.42. The van der Waals surface area contributed by atoms with Gasteiger partial charge in [-0.3, -0.25) is 9.59 Å². The monoisotopic (exact) mass is 332 g/mol. The third-order valence-corrected chi connectivity index (χ3v) is 4.97. The van der Waals surface area contributed by atoms with Gasteiger partial charge >= 0.3 is 0 Å². The number of benzene rings is 1. The lowest BCUT2D eigenvalue weighted by atomic mass is 9.90. The first-order valence-corrected chi connectivity index (χ1v) is 7.93. The first-order chi connectivity index (χ1) is 11.4. The quantitative estimate of drug-likeness (QED) is 0.846. The van der Waals surface area contributed by atoms with Crippen LogP contribution in [0.5, 0.6) is 0 Å². The van der Waals surface area contributed by atoms with Crippen molar-refractivity contribution >= 4 is 17.5 Å². The highest BCUT2D eigenvalue weighted by Crippen LogP contribution is 2.59. The molecule has 1 spiro atoms. The molecule has 1 N–H and O–H groups in total. The summed E-state index contributed by atoms with van der Waals surface area (Å²) in [5.41, 5.74) is 0.186. The molecular formula is C18H18F2N2O2. The molecular weight excluding hydrogens is 314 g/mol. The summed E-state index contributed by atoms with van der Waals surface area (Å²) in [4.78, 5) is 25.8. The van der Waals surface area contributed by atoms with Crippen molar-refractivity contribution in [1.82, 2.24) is 4.90 Å². The number of likely N-dealkylation sites (tertiary alicyclic amines) is 1. The molecule has 2 aliphatic rings. The van der Waals surface area contributed by atoms with Crippen LogP contribution in [0, 0.1) is 34.8 Å². The molecule has 126 valence electrons. The van der Waals surface area contributed by atoms with Crippen LogP contribution < -0.4 is 5.32 Å². The van der Waals surface area contributed by atoms with Crippen LogP contribution in [0.3, 0.4) is 0 Å². The largest absolute Gasteiger partial charge is 0.332 e. The number of rotatable bonds is 2. The Balaban J connectivity index is 1.57. The zero-order chi connectivity index (χ0) is 17.3. The van der Waals surface area contributed by atoms with E-state index in [9.17, 15) is 18.4 Å². The van der Waals surface area contributed by atoms with Crippen molar-refractivity contribution in [3.63, 3.8) is 0 Å². The zero-order valence-corrected chi connectivity index (χ0v) is 13.4. The summed E-state index contributed by atoms with van der Waals surface area (Å²) in [5, 5.41) is 2.65. The first kappa shape index (κ1) is 16.4. The molecule has 3 rings (SSSR count). The molecule has 0 bridgehead atoms. The first-order valence-electron chi connectivity index (χ1n) is 7.93.